The first-order valence-electron chi connectivity index (χ1n) is 10.7. The third-order valence-electron chi connectivity index (χ3n) is 7.97. The minimum atomic E-state index is 0.0753. The Morgan fingerprint density at radius 3 is 2.42 bits per heavy atom. The molecule has 4 fully saturated rings. The molecular formula is C21H38N4O. The van der Waals surface area contributed by atoms with Gasteiger partial charge in [0, 0.05) is 42.2 Å². The van der Waals surface area contributed by atoms with Crippen molar-refractivity contribution in [3.8, 4) is 0 Å². The van der Waals surface area contributed by atoms with Crippen LogP contribution in [0.4, 0.5) is 0 Å². The molecule has 0 aliphatic carbocycles. The fourth-order valence-corrected chi connectivity index (χ4v) is 6.47. The van der Waals surface area contributed by atoms with Crippen molar-refractivity contribution in [3.05, 3.63) is 0 Å². The summed E-state index contributed by atoms with van der Waals surface area (Å²) in [6.07, 6.45) is 7.91. The van der Waals surface area contributed by atoms with Crippen LogP contribution >= 0.6 is 0 Å². The van der Waals surface area contributed by atoms with Gasteiger partial charge in [-0.3, -0.25) is 9.69 Å². The normalized spacial score (nSPS) is 39.0. The Bertz CT molecular complexity index is 551. The smallest absolute Gasteiger partial charge is 0.220 e. The molecule has 4 aliphatic heterocycles. The Labute approximate surface area is 159 Å². The van der Waals surface area contributed by atoms with E-state index < -0.39 is 0 Å². The molecule has 0 aromatic rings. The van der Waals surface area contributed by atoms with Gasteiger partial charge in [-0.05, 0) is 85.4 Å². The first-order valence-corrected chi connectivity index (χ1v) is 10.7. The van der Waals surface area contributed by atoms with Gasteiger partial charge >= 0.3 is 0 Å². The van der Waals surface area contributed by atoms with Crippen LogP contribution in [0, 0.1) is 5.92 Å². The van der Waals surface area contributed by atoms with Crippen molar-refractivity contribution in [3.63, 3.8) is 0 Å². The maximum Gasteiger partial charge on any atom is 0.220 e. The van der Waals surface area contributed by atoms with Crippen molar-refractivity contribution in [2.75, 3.05) is 33.2 Å². The molecule has 1 amide bonds. The molecule has 2 N–H and O–H groups in total. The molecule has 5 heteroatoms. The summed E-state index contributed by atoms with van der Waals surface area (Å²) in [4.78, 5) is 17.4. The monoisotopic (exact) mass is 362 g/mol. The van der Waals surface area contributed by atoms with E-state index >= 15 is 0 Å². The van der Waals surface area contributed by atoms with Crippen LogP contribution in [0.3, 0.4) is 0 Å². The van der Waals surface area contributed by atoms with Crippen LogP contribution in [-0.2, 0) is 4.79 Å². The topological polar surface area (TPSA) is 47.6 Å². The number of amides is 1. The summed E-state index contributed by atoms with van der Waals surface area (Å²) < 4.78 is 0. The van der Waals surface area contributed by atoms with Gasteiger partial charge in [-0.15, -0.1) is 0 Å². The summed E-state index contributed by atoms with van der Waals surface area (Å²) in [5.74, 6) is 0.985. The van der Waals surface area contributed by atoms with E-state index in [9.17, 15) is 4.79 Å². The lowest BCUT2D eigenvalue weighted by atomic mass is 9.73. The van der Waals surface area contributed by atoms with Gasteiger partial charge in [0.05, 0.1) is 0 Å². The molecule has 4 aliphatic rings. The fourth-order valence-electron chi connectivity index (χ4n) is 6.47. The Kier molecular flexibility index (Phi) is 4.64. The first kappa shape index (κ1) is 18.7. The van der Waals surface area contributed by atoms with Crippen molar-refractivity contribution in [2.45, 2.75) is 88.4 Å². The van der Waals surface area contributed by atoms with Gasteiger partial charge < -0.3 is 15.5 Å². The van der Waals surface area contributed by atoms with Crippen molar-refractivity contribution < 1.29 is 4.79 Å². The van der Waals surface area contributed by atoms with Crippen molar-refractivity contribution in [1.29, 1.82) is 0 Å². The van der Waals surface area contributed by atoms with Crippen LogP contribution < -0.4 is 10.6 Å². The summed E-state index contributed by atoms with van der Waals surface area (Å²) in [6.45, 7) is 11.7. The van der Waals surface area contributed by atoms with Crippen molar-refractivity contribution in [1.82, 2.24) is 20.4 Å². The van der Waals surface area contributed by atoms with E-state index in [0.717, 1.165) is 45.3 Å². The molecule has 26 heavy (non-hydrogen) atoms. The van der Waals surface area contributed by atoms with Gasteiger partial charge in [-0.25, -0.2) is 0 Å². The quantitative estimate of drug-likeness (QED) is 0.749. The number of carbonyl (C=O) groups is 1. The minimum absolute atomic E-state index is 0.0753. The lowest BCUT2D eigenvalue weighted by Gasteiger charge is -2.52. The molecule has 3 unspecified atom stereocenters. The summed E-state index contributed by atoms with van der Waals surface area (Å²) in [6, 6.07) is 0.582. The predicted molar refractivity (Wildman–Crippen MR) is 105 cm³/mol. The average Bonchev–Trinajstić information content (AvgIpc) is 3.08. The standard InChI is InChI=1S/C21H38N4O/c1-19(2,3)25-12-9-20(6-5-18(26)23-20)14-17(25)16-13-21(24(4)15-16)7-10-22-11-8-21/h16-17,22H,5-15H2,1-4H3,(H,23,26). The fraction of sp³-hybridized carbons (Fsp3) is 0.952. The molecule has 0 aromatic heterocycles. The van der Waals surface area contributed by atoms with Gasteiger partial charge in [0.2, 0.25) is 5.91 Å². The Hall–Kier alpha value is -0.650. The summed E-state index contributed by atoms with van der Waals surface area (Å²) in [5, 5.41) is 6.93. The second-order valence-electron chi connectivity index (χ2n) is 10.5. The van der Waals surface area contributed by atoms with E-state index in [4.69, 9.17) is 0 Å². The number of rotatable bonds is 1. The molecule has 4 saturated heterocycles. The maximum absolute atomic E-state index is 12.0. The highest BCUT2D eigenvalue weighted by atomic mass is 16.2. The summed E-state index contributed by atoms with van der Waals surface area (Å²) in [5.41, 5.74) is 0.673. The van der Waals surface area contributed by atoms with E-state index in [1.54, 1.807) is 0 Å². The van der Waals surface area contributed by atoms with Gasteiger partial charge in [0.25, 0.3) is 0 Å². The van der Waals surface area contributed by atoms with E-state index in [1.165, 1.54) is 25.8 Å². The number of likely N-dealkylation sites (tertiary alicyclic amines) is 2. The van der Waals surface area contributed by atoms with E-state index in [0.29, 0.717) is 17.5 Å². The second-order valence-corrected chi connectivity index (χ2v) is 10.5. The number of nitrogens with zero attached hydrogens (tertiary/aromatic N) is 2. The summed E-state index contributed by atoms with van der Waals surface area (Å²) in [7, 11) is 2.35. The zero-order valence-electron chi connectivity index (χ0n) is 17.2. The lowest BCUT2D eigenvalue weighted by molar-refractivity contribution is -0.120. The van der Waals surface area contributed by atoms with Crippen LogP contribution in [0.25, 0.3) is 0 Å². The SMILES string of the molecule is CN1CC(C2CC3(CCC(=O)N3)CCN2C(C)(C)C)CC12CCNCC2. The first-order chi connectivity index (χ1) is 12.2. The number of carbonyl (C=O) groups excluding carboxylic acids is 1. The van der Waals surface area contributed by atoms with Crippen LogP contribution in [0.15, 0.2) is 0 Å². The Morgan fingerprint density at radius 2 is 1.81 bits per heavy atom. The maximum atomic E-state index is 12.0. The van der Waals surface area contributed by atoms with E-state index in [1.807, 2.05) is 0 Å². The van der Waals surface area contributed by atoms with Crippen LogP contribution in [0.5, 0.6) is 0 Å². The molecule has 4 rings (SSSR count). The molecule has 0 saturated carbocycles. The molecule has 3 atom stereocenters. The van der Waals surface area contributed by atoms with Gasteiger partial charge in [-0.1, -0.05) is 0 Å². The molecule has 0 aromatic carbocycles. The Balaban J connectivity index is 1.57. The minimum Gasteiger partial charge on any atom is -0.351 e. The number of hydrogen-bond acceptors (Lipinski definition) is 4. The zero-order chi connectivity index (χ0) is 18.6. The van der Waals surface area contributed by atoms with Crippen LogP contribution in [0.1, 0.15) is 65.7 Å². The largest absolute Gasteiger partial charge is 0.351 e. The lowest BCUT2D eigenvalue weighted by Crippen LogP contribution is -2.62. The molecule has 0 bridgehead atoms. The highest BCUT2D eigenvalue weighted by Gasteiger charge is 2.53. The van der Waals surface area contributed by atoms with Gasteiger partial charge in [0.15, 0.2) is 0 Å². The third-order valence-corrected chi connectivity index (χ3v) is 7.97. The molecule has 5 nitrogen and oxygen atoms in total. The Morgan fingerprint density at radius 1 is 1.08 bits per heavy atom. The zero-order valence-corrected chi connectivity index (χ0v) is 17.2. The molecule has 0 radical (unpaired) electrons. The van der Waals surface area contributed by atoms with Crippen molar-refractivity contribution >= 4 is 5.91 Å². The van der Waals surface area contributed by atoms with Crippen LogP contribution in [-0.4, -0.2) is 71.6 Å². The van der Waals surface area contributed by atoms with Gasteiger partial charge in [0.1, 0.15) is 0 Å². The number of nitrogens with one attached hydrogen (secondary N) is 2. The molecular weight excluding hydrogens is 324 g/mol. The summed E-state index contributed by atoms with van der Waals surface area (Å²) >= 11 is 0. The van der Waals surface area contributed by atoms with E-state index in [-0.39, 0.29) is 17.0 Å². The second kappa shape index (κ2) is 6.46. The highest BCUT2D eigenvalue weighted by molar-refractivity contribution is 5.79. The molecule has 4 heterocycles. The highest BCUT2D eigenvalue weighted by Crippen LogP contribution is 2.46. The number of piperidine rings is 2. The van der Waals surface area contributed by atoms with E-state index in [2.05, 4.69) is 48.3 Å². The average molecular weight is 363 g/mol. The van der Waals surface area contributed by atoms with Crippen molar-refractivity contribution in [2.24, 2.45) is 5.92 Å². The predicted octanol–water partition coefficient (Wildman–Crippen LogP) is 1.97. The molecule has 148 valence electrons. The molecule has 2 spiro atoms. The van der Waals surface area contributed by atoms with Crippen LogP contribution in [0.2, 0.25) is 0 Å². The van der Waals surface area contributed by atoms with Gasteiger partial charge in [-0.2, -0.15) is 0 Å². The number of hydrogen-bond donors (Lipinski definition) is 2. The third kappa shape index (κ3) is 3.20.